The molecule has 16 nitrogen and oxygen atoms in total. The van der Waals surface area contributed by atoms with Crippen LogP contribution in [0.4, 0.5) is 8.78 Å². The second kappa shape index (κ2) is 45.5. The summed E-state index contributed by atoms with van der Waals surface area (Å²) in [6.45, 7) is 1.20. The van der Waals surface area contributed by atoms with E-state index in [9.17, 15) is 42.7 Å². The van der Waals surface area contributed by atoms with Crippen molar-refractivity contribution in [2.75, 3.05) is 46.3 Å². The number of fused-ring (bicyclic) bond motifs is 9. The summed E-state index contributed by atoms with van der Waals surface area (Å²) in [7, 11) is -1.00. The first kappa shape index (κ1) is 88.4. The molecule has 0 heterocycles. The fourth-order valence-corrected chi connectivity index (χ4v) is 17.9. The van der Waals surface area contributed by atoms with Gasteiger partial charge in [-0.1, -0.05) is 339 Å². The molecule has 0 fully saturated rings. The van der Waals surface area contributed by atoms with Gasteiger partial charge in [0, 0.05) is 34.5 Å². The Bertz CT molecular complexity index is 5530. The number of carbonyl (C=O) groups excluding carboxylic acids is 5. The van der Waals surface area contributed by atoms with Gasteiger partial charge in [-0.05, 0) is 151 Å². The van der Waals surface area contributed by atoms with E-state index in [0.717, 1.165) is 93.8 Å². The van der Waals surface area contributed by atoms with E-state index in [1.807, 2.05) is 250 Å². The summed E-state index contributed by atoms with van der Waals surface area (Å²) in [5.41, 5.74) is 25.1. The molecule has 3 aliphatic carbocycles. The molecule has 13 aromatic rings. The van der Waals surface area contributed by atoms with E-state index < -0.39 is 68.9 Å². The van der Waals surface area contributed by atoms with E-state index in [1.165, 1.54) is 11.1 Å². The van der Waals surface area contributed by atoms with Crippen LogP contribution in [-0.4, -0.2) is 92.2 Å². The molecule has 0 radical (unpaired) electrons. The van der Waals surface area contributed by atoms with Crippen molar-refractivity contribution >= 4 is 59.6 Å². The van der Waals surface area contributed by atoms with Crippen molar-refractivity contribution in [1.29, 1.82) is 0 Å². The minimum absolute atomic E-state index is 0.0243. The van der Waals surface area contributed by atoms with E-state index in [1.54, 1.807) is 6.07 Å². The number of para-hydroxylation sites is 2. The summed E-state index contributed by atoms with van der Waals surface area (Å²) in [4.78, 5) is 79.2. The Morgan fingerprint density at radius 3 is 1.07 bits per heavy atom. The average Bonchev–Trinajstić information content (AvgIpc) is 1.63. The number of halogens is 2. The first-order valence-corrected chi connectivity index (χ1v) is 42.2. The molecule has 0 saturated heterocycles. The number of benzene rings is 13. The normalized spacial score (nSPS) is 12.4. The van der Waals surface area contributed by atoms with Crippen molar-refractivity contribution in [2.24, 2.45) is 22.9 Å². The second-order valence-corrected chi connectivity index (χ2v) is 31.8. The number of carboxylic acid groups (broad SMARTS) is 1. The number of ether oxygens (including phenoxy) is 4. The quantitative estimate of drug-likeness (QED) is 0.00754. The molecule has 0 bridgehead atoms. The summed E-state index contributed by atoms with van der Waals surface area (Å²) in [6.07, 6.45) is 0.781. The van der Waals surface area contributed by atoms with Crippen molar-refractivity contribution in [2.45, 2.75) is 63.2 Å². The minimum atomic E-state index is -1.00. The van der Waals surface area contributed by atoms with E-state index in [4.69, 9.17) is 29.6 Å². The molecule has 3 atom stereocenters. The maximum atomic E-state index is 14.1. The maximum absolute atomic E-state index is 14.1. The summed E-state index contributed by atoms with van der Waals surface area (Å²) >= 11 is 0. The third-order valence-corrected chi connectivity index (χ3v) is 24.0. The molecular weight excluding hydrogens is 1570 g/mol. The number of rotatable bonds is 29. The molecule has 123 heavy (non-hydrogen) atoms. The Hall–Kier alpha value is -13.9. The third-order valence-electron chi connectivity index (χ3n) is 21.5. The summed E-state index contributed by atoms with van der Waals surface area (Å²) in [6, 6.07) is 113. The Morgan fingerprint density at radius 2 is 0.724 bits per heavy atom. The van der Waals surface area contributed by atoms with Gasteiger partial charge in [-0.15, -0.1) is 0 Å². The van der Waals surface area contributed by atoms with Gasteiger partial charge in [0.05, 0.1) is 50.2 Å². The summed E-state index contributed by atoms with van der Waals surface area (Å²) in [5, 5.41) is 27.1. The lowest BCUT2D eigenvalue weighted by Gasteiger charge is -2.23. The Labute approximate surface area is 716 Å². The molecule has 0 spiro atoms. The molecule has 0 aliphatic heterocycles. The van der Waals surface area contributed by atoms with Crippen LogP contribution < -0.4 is 26.0 Å². The van der Waals surface area contributed by atoms with E-state index in [2.05, 4.69) is 112 Å². The van der Waals surface area contributed by atoms with Crippen molar-refractivity contribution in [3.05, 3.63) is 412 Å². The topological polar surface area (TPSA) is 241 Å². The highest BCUT2D eigenvalue weighted by molar-refractivity contribution is 7.80. The lowest BCUT2D eigenvalue weighted by molar-refractivity contribution is -0.151. The van der Waals surface area contributed by atoms with Gasteiger partial charge < -0.3 is 34.5 Å². The number of carbonyl (C=O) groups is 6. The predicted octanol–water partition coefficient (Wildman–Crippen LogP) is 20.3. The summed E-state index contributed by atoms with van der Waals surface area (Å²) in [5.74, 6) is -4.45. The predicted molar refractivity (Wildman–Crippen MR) is 479 cm³/mol. The first-order chi connectivity index (χ1) is 60.2. The number of aromatic hydroxyl groups is 1. The Balaban J connectivity index is 0.000000161. The largest absolute Gasteiger partial charge is 0.508 e. The van der Waals surface area contributed by atoms with Crippen LogP contribution in [0.25, 0.3) is 43.8 Å². The van der Waals surface area contributed by atoms with Gasteiger partial charge in [-0.25, -0.2) is 4.39 Å². The van der Waals surface area contributed by atoms with Gasteiger partial charge in [0.2, 0.25) is 5.91 Å². The van der Waals surface area contributed by atoms with Crippen molar-refractivity contribution in [3.8, 4) is 44.9 Å². The lowest BCUT2D eigenvalue weighted by Crippen LogP contribution is -2.35. The van der Waals surface area contributed by atoms with Crippen LogP contribution in [0.15, 0.2) is 351 Å². The van der Waals surface area contributed by atoms with Gasteiger partial charge in [-0.2, -0.15) is 0 Å². The number of aryl methyl sites for hydroxylation is 1. The number of amides is 1. The molecule has 19 heteroatoms. The van der Waals surface area contributed by atoms with Gasteiger partial charge >= 0.3 is 29.8 Å². The number of hydrogen-bond acceptors (Lipinski definition) is 12. The van der Waals surface area contributed by atoms with Crippen LogP contribution in [0.1, 0.15) is 92.7 Å². The molecule has 1 amide bonds. The number of nitrogens with one attached hydrogen (secondary N) is 1. The van der Waals surface area contributed by atoms with Crippen LogP contribution in [0.5, 0.6) is 11.5 Å². The Kier molecular flexibility index (Phi) is 32.7. The number of esters is 4. The van der Waals surface area contributed by atoms with Crippen LogP contribution >= 0.6 is 7.92 Å². The molecule has 0 unspecified atom stereocenters. The van der Waals surface area contributed by atoms with Gasteiger partial charge in [-0.3, -0.25) is 33.2 Å². The number of phenols is 1. The second-order valence-electron chi connectivity index (χ2n) is 29.6. The zero-order valence-corrected chi connectivity index (χ0v) is 69.0. The monoisotopic (exact) mass is 1660 g/mol. The molecule has 0 aromatic heterocycles. The number of azide groups is 1. The molecule has 3 N–H and O–H groups in total. The standard InChI is InChI=1S/C43H35O4P.C27H26FNO3.C25H22O4.C7H8O.C2H4FN3/c44-42(46-30-39-37-24-12-10-22-35(37)36-23-11-13-25-38(36)39)29-32(28-31-16-4-1-5-17-31)43(45)47-40-26-14-15-27-41(40)48(33-18-6-2-7-19-33)34-20-8-3-9-21-34;28-14-15-29-27(31)20(16-19-8-2-1-3-9-19)17-26(30)32-18-25-23-12-6-4-10-21(23)22-11-5-7-13-24(22)25;26-24(15-18(25(27)28)14-17-8-2-1-3-9-17)29-16-23-21-12-6-4-10-19(21)20-11-5-7-13-22(20)23;1-6-4-2-3-5-7(6)8;3-1-2-5-6-4/h1-27,32,39H,28-30H2;1-13,20,25H,14-18H2,(H,29,31);1-13,18,23H,14-16H2,(H,27,28);2-5,8H,1H3;1-2H2/t32-;20-;18-;;/m000../s1. The highest BCUT2D eigenvalue weighted by atomic mass is 31.1. The van der Waals surface area contributed by atoms with Crippen molar-refractivity contribution in [3.63, 3.8) is 0 Å². The van der Waals surface area contributed by atoms with Crippen LogP contribution in [0.3, 0.4) is 0 Å². The molecule has 0 saturated carbocycles. The van der Waals surface area contributed by atoms with Crippen molar-refractivity contribution in [1.82, 2.24) is 5.32 Å². The number of carboxylic acids is 1. The highest BCUT2D eigenvalue weighted by Crippen LogP contribution is 2.48. The highest BCUT2D eigenvalue weighted by Gasteiger charge is 2.35. The lowest BCUT2D eigenvalue weighted by atomic mass is 9.95. The maximum Gasteiger partial charge on any atom is 0.315 e. The van der Waals surface area contributed by atoms with Crippen LogP contribution in [-0.2, 0) is 62.2 Å². The Morgan fingerprint density at radius 1 is 0.407 bits per heavy atom. The number of aliphatic carboxylic acids is 1. The van der Waals surface area contributed by atoms with Crippen LogP contribution in [0, 0.1) is 24.7 Å². The van der Waals surface area contributed by atoms with E-state index in [-0.39, 0.29) is 75.8 Å². The van der Waals surface area contributed by atoms with E-state index >= 15 is 0 Å². The minimum Gasteiger partial charge on any atom is -0.508 e. The van der Waals surface area contributed by atoms with Crippen LogP contribution in [0.2, 0.25) is 0 Å². The first-order valence-electron chi connectivity index (χ1n) is 40.9. The molecule has 3 aliphatic rings. The number of phenolic OH excluding ortho intramolecular Hbond substituents is 1. The number of nitrogens with zero attached hydrogens (tertiary/aromatic N) is 3. The number of alkyl halides is 2. The third kappa shape index (κ3) is 24.2. The smallest absolute Gasteiger partial charge is 0.315 e. The van der Waals surface area contributed by atoms with E-state index in [0.29, 0.717) is 30.8 Å². The zero-order valence-electron chi connectivity index (χ0n) is 68.1. The zero-order chi connectivity index (χ0) is 86.1. The molecule has 16 rings (SSSR count). The average molecular weight is 1660 g/mol. The summed E-state index contributed by atoms with van der Waals surface area (Å²) < 4.78 is 46.9. The van der Waals surface area contributed by atoms with Gasteiger partial charge in [0.25, 0.3) is 0 Å². The fourth-order valence-electron chi connectivity index (χ4n) is 15.5. The number of hydrogen-bond donors (Lipinski definition) is 3. The fraction of sp³-hybridized carbons (Fsp3) is 0.192. The molecule has 13 aromatic carbocycles. The van der Waals surface area contributed by atoms with Gasteiger partial charge in [0.1, 0.15) is 38.0 Å². The molecule has 622 valence electrons. The molecular formula is C104H95F2N4O12P. The van der Waals surface area contributed by atoms with Gasteiger partial charge in [0.15, 0.2) is 0 Å². The van der Waals surface area contributed by atoms with Crippen molar-refractivity contribution < 1.29 is 66.7 Å². The SMILES string of the molecule is Cc1ccccc1O.O=C(C[C@H](Cc1ccccc1)C(=O)NCCF)OCC1c2ccccc2-c2ccccc21.O=C(C[C@H](Cc1ccccc1)C(=O)O)OCC1c2ccccc2-c2ccccc21.O=C(C[C@H](Cc1ccccc1)C(=O)Oc1ccccc1P(c1ccccc1)c1ccccc1)OCC1c2ccccc2-c2ccccc21.[N-]=[N+]=NCCF.